The lowest BCUT2D eigenvalue weighted by molar-refractivity contribution is 0.0776. The Bertz CT molecular complexity index is 681. The number of carbonyl (C=O) groups excluding carboxylic acids is 1. The number of benzene rings is 1. The first-order valence-electron chi connectivity index (χ1n) is 6.21. The minimum Gasteiger partial charge on any atom is -0.362 e. The predicted octanol–water partition coefficient (Wildman–Crippen LogP) is 2.39. The fourth-order valence-corrected chi connectivity index (χ4v) is 2.59. The van der Waals surface area contributed by atoms with Crippen LogP contribution in [0.2, 0.25) is 5.02 Å². The van der Waals surface area contributed by atoms with E-state index in [1.807, 2.05) is 24.4 Å². The van der Waals surface area contributed by atoms with Crippen LogP contribution in [0.5, 0.6) is 0 Å². The van der Waals surface area contributed by atoms with Gasteiger partial charge in [-0.3, -0.25) is 4.79 Å². The van der Waals surface area contributed by atoms with Crippen molar-refractivity contribution in [2.45, 2.75) is 13.3 Å². The van der Waals surface area contributed by atoms with Gasteiger partial charge in [0.15, 0.2) is 5.69 Å². The number of hydrogen-bond acceptors (Lipinski definition) is 3. The first-order valence-corrected chi connectivity index (χ1v) is 6.58. The first-order chi connectivity index (χ1) is 9.60. The Morgan fingerprint density at radius 2 is 2.20 bits per heavy atom. The summed E-state index contributed by atoms with van der Waals surface area (Å²) in [6.07, 6.45) is 1.82. The van der Waals surface area contributed by atoms with Crippen molar-refractivity contribution in [3.8, 4) is 11.1 Å². The lowest BCUT2D eigenvalue weighted by atomic mass is 10.0. The van der Waals surface area contributed by atoms with Gasteiger partial charge in [-0.05, 0) is 23.3 Å². The van der Waals surface area contributed by atoms with Gasteiger partial charge in [0.1, 0.15) is 6.73 Å². The predicted molar refractivity (Wildman–Crippen MR) is 75.5 cm³/mol. The Labute approximate surface area is 121 Å². The van der Waals surface area contributed by atoms with E-state index < -0.39 is 0 Å². The van der Waals surface area contributed by atoms with Crippen molar-refractivity contribution in [3.05, 3.63) is 40.7 Å². The summed E-state index contributed by atoms with van der Waals surface area (Å²) in [6, 6.07) is 5.66. The third-order valence-electron chi connectivity index (χ3n) is 3.34. The number of nitrogens with zero attached hydrogens (tertiary/aromatic N) is 3. The summed E-state index contributed by atoms with van der Waals surface area (Å²) < 4.78 is 6.68. The van der Waals surface area contributed by atoms with Gasteiger partial charge < -0.3 is 9.64 Å². The number of aromatic nitrogens is 2. The maximum absolute atomic E-state index is 12.4. The maximum Gasteiger partial charge on any atom is 0.275 e. The summed E-state index contributed by atoms with van der Waals surface area (Å²) in [5, 5.41) is 4.96. The number of carbonyl (C=O) groups is 1. The number of ether oxygens (including phenoxy) is 1. The largest absolute Gasteiger partial charge is 0.362 e. The molecule has 0 spiro atoms. The van der Waals surface area contributed by atoms with Crippen LogP contribution in [0.3, 0.4) is 0 Å². The van der Waals surface area contributed by atoms with Crippen molar-refractivity contribution in [2.75, 3.05) is 14.2 Å². The molecule has 6 heteroatoms. The summed E-state index contributed by atoms with van der Waals surface area (Å²) in [7, 11) is 3.36. The normalized spacial score (nSPS) is 13.9. The van der Waals surface area contributed by atoms with E-state index in [1.54, 1.807) is 23.7 Å². The highest BCUT2D eigenvalue weighted by molar-refractivity contribution is 6.31. The van der Waals surface area contributed by atoms with Crippen molar-refractivity contribution in [1.82, 2.24) is 14.7 Å². The molecule has 104 valence electrons. The molecule has 0 unspecified atom stereocenters. The molecule has 0 aliphatic carbocycles. The van der Waals surface area contributed by atoms with Crippen LogP contribution in [-0.2, 0) is 18.0 Å². The molecule has 1 aliphatic heterocycles. The molecule has 0 saturated carbocycles. The van der Waals surface area contributed by atoms with Gasteiger partial charge >= 0.3 is 0 Å². The minimum absolute atomic E-state index is 0.0952. The second kappa shape index (κ2) is 4.92. The van der Waals surface area contributed by atoms with Gasteiger partial charge in [-0.25, -0.2) is 4.68 Å². The van der Waals surface area contributed by atoms with Crippen molar-refractivity contribution < 1.29 is 9.53 Å². The van der Waals surface area contributed by atoms with Crippen LogP contribution in [0.4, 0.5) is 0 Å². The standard InChI is InChI=1S/C14H14ClN3O2/c1-17-6-9-3-4-10(15)5-11(9)12-7-18(8-20-2)16-13(12)14(17)19/h3-5,7H,6,8H2,1-2H3. The smallest absolute Gasteiger partial charge is 0.275 e. The van der Waals surface area contributed by atoms with Gasteiger partial charge in [0.2, 0.25) is 0 Å². The molecular formula is C14H14ClN3O2. The van der Waals surface area contributed by atoms with E-state index in [0.717, 1.165) is 16.7 Å². The fourth-order valence-electron chi connectivity index (χ4n) is 2.42. The van der Waals surface area contributed by atoms with Crippen molar-refractivity contribution in [3.63, 3.8) is 0 Å². The summed E-state index contributed by atoms with van der Waals surface area (Å²) in [5.74, 6) is -0.0952. The van der Waals surface area contributed by atoms with Crippen LogP contribution in [-0.4, -0.2) is 34.7 Å². The number of rotatable bonds is 2. The second-order valence-corrected chi connectivity index (χ2v) is 5.25. The zero-order valence-electron chi connectivity index (χ0n) is 11.3. The zero-order valence-corrected chi connectivity index (χ0v) is 12.0. The van der Waals surface area contributed by atoms with E-state index in [9.17, 15) is 4.79 Å². The Hall–Kier alpha value is -1.85. The fraction of sp³-hybridized carbons (Fsp3) is 0.286. The molecule has 0 fully saturated rings. The summed E-state index contributed by atoms with van der Waals surface area (Å²) in [5.41, 5.74) is 3.24. The molecule has 2 aromatic rings. The molecule has 0 radical (unpaired) electrons. The van der Waals surface area contributed by atoms with Crippen LogP contribution < -0.4 is 0 Å². The number of fused-ring (bicyclic) bond motifs is 3. The van der Waals surface area contributed by atoms with Gasteiger partial charge in [-0.1, -0.05) is 17.7 Å². The molecule has 0 N–H and O–H groups in total. The molecule has 0 bridgehead atoms. The van der Waals surface area contributed by atoms with Crippen LogP contribution in [0.25, 0.3) is 11.1 Å². The Morgan fingerprint density at radius 1 is 1.40 bits per heavy atom. The van der Waals surface area contributed by atoms with E-state index in [1.165, 1.54) is 0 Å². The van der Waals surface area contributed by atoms with Gasteiger partial charge in [0.05, 0.1) is 0 Å². The lowest BCUT2D eigenvalue weighted by Gasteiger charge is -2.14. The highest BCUT2D eigenvalue weighted by atomic mass is 35.5. The average molecular weight is 292 g/mol. The van der Waals surface area contributed by atoms with Crippen LogP contribution >= 0.6 is 11.6 Å². The molecule has 1 aromatic carbocycles. The molecular weight excluding hydrogens is 278 g/mol. The SMILES string of the molecule is COCn1cc2c(n1)C(=O)N(C)Cc1ccc(Cl)cc1-2. The minimum atomic E-state index is -0.0952. The number of halogens is 1. The molecule has 0 saturated heterocycles. The average Bonchev–Trinajstić information content (AvgIpc) is 2.80. The van der Waals surface area contributed by atoms with Gasteiger partial charge in [0.25, 0.3) is 5.91 Å². The molecule has 5 nitrogen and oxygen atoms in total. The molecule has 0 atom stereocenters. The summed E-state index contributed by atoms with van der Waals surface area (Å²) in [6.45, 7) is 0.853. The third-order valence-corrected chi connectivity index (χ3v) is 3.58. The van der Waals surface area contributed by atoms with E-state index in [0.29, 0.717) is 24.0 Å². The van der Waals surface area contributed by atoms with E-state index in [-0.39, 0.29) is 5.91 Å². The van der Waals surface area contributed by atoms with E-state index in [2.05, 4.69) is 5.10 Å². The van der Waals surface area contributed by atoms with Gasteiger partial charge in [-0.15, -0.1) is 0 Å². The molecule has 2 heterocycles. The Morgan fingerprint density at radius 3 is 2.95 bits per heavy atom. The zero-order chi connectivity index (χ0) is 14.3. The van der Waals surface area contributed by atoms with Crippen LogP contribution in [0.1, 0.15) is 16.1 Å². The third kappa shape index (κ3) is 2.09. The molecule has 1 aliphatic rings. The Kier molecular flexibility index (Phi) is 3.23. The molecule has 1 amide bonds. The topological polar surface area (TPSA) is 47.4 Å². The number of methoxy groups -OCH3 is 1. The highest BCUT2D eigenvalue weighted by Crippen LogP contribution is 2.33. The van der Waals surface area contributed by atoms with Gasteiger partial charge in [-0.2, -0.15) is 5.10 Å². The van der Waals surface area contributed by atoms with Crippen molar-refractivity contribution in [2.24, 2.45) is 0 Å². The Balaban J connectivity index is 2.23. The number of amides is 1. The number of hydrogen-bond donors (Lipinski definition) is 0. The van der Waals surface area contributed by atoms with Crippen molar-refractivity contribution in [1.29, 1.82) is 0 Å². The molecule has 3 rings (SSSR count). The summed E-state index contributed by atoms with van der Waals surface area (Å²) >= 11 is 6.09. The summed E-state index contributed by atoms with van der Waals surface area (Å²) in [4.78, 5) is 14.0. The van der Waals surface area contributed by atoms with Gasteiger partial charge in [0, 0.05) is 37.5 Å². The highest BCUT2D eigenvalue weighted by Gasteiger charge is 2.27. The monoisotopic (exact) mass is 291 g/mol. The lowest BCUT2D eigenvalue weighted by Crippen LogP contribution is -2.25. The van der Waals surface area contributed by atoms with Crippen molar-refractivity contribution >= 4 is 17.5 Å². The quantitative estimate of drug-likeness (QED) is 0.853. The van der Waals surface area contributed by atoms with E-state index >= 15 is 0 Å². The van der Waals surface area contributed by atoms with Crippen LogP contribution in [0, 0.1) is 0 Å². The van der Waals surface area contributed by atoms with Crippen LogP contribution in [0.15, 0.2) is 24.4 Å². The first kappa shape index (κ1) is 13.1. The second-order valence-electron chi connectivity index (χ2n) is 4.81. The molecule has 20 heavy (non-hydrogen) atoms. The van der Waals surface area contributed by atoms with E-state index in [4.69, 9.17) is 16.3 Å². The maximum atomic E-state index is 12.4. The molecule has 1 aromatic heterocycles.